The molecule has 0 radical (unpaired) electrons. The van der Waals surface area contributed by atoms with Gasteiger partial charge >= 0.3 is 5.97 Å². The van der Waals surface area contributed by atoms with Crippen LogP contribution in [0.25, 0.3) is 11.4 Å². The first-order valence-corrected chi connectivity index (χ1v) is 10.1. The van der Waals surface area contributed by atoms with Crippen LogP contribution in [0.4, 0.5) is 4.39 Å². The Morgan fingerprint density at radius 2 is 1.80 bits per heavy atom. The summed E-state index contributed by atoms with van der Waals surface area (Å²) in [7, 11) is 0. The Hall–Kier alpha value is -3.06. The van der Waals surface area contributed by atoms with Crippen LogP contribution in [0.3, 0.4) is 0 Å². The average molecular weight is 411 g/mol. The molecule has 1 aromatic heterocycles. The standard InChI is InChI=1S/C14H16FN3O.C9H10O2/c15-12-3-1-11(2-4-12)14-17-13(19-18-14)9-10-5-7-16-8-6-10;1-7-2-4-8(5-3-7)6-9(10)11/h1-4,10,16H,5-9H2;2-5H,6H2,1H3,(H,10,11). The molecule has 2 aromatic carbocycles. The number of benzene rings is 2. The number of hydrogen-bond acceptors (Lipinski definition) is 5. The second-order valence-corrected chi connectivity index (χ2v) is 7.47. The van der Waals surface area contributed by atoms with Crippen LogP contribution in [-0.4, -0.2) is 34.3 Å². The highest BCUT2D eigenvalue weighted by atomic mass is 19.1. The maximum Gasteiger partial charge on any atom is 0.307 e. The number of halogens is 1. The molecule has 1 fully saturated rings. The van der Waals surface area contributed by atoms with Crippen molar-refractivity contribution in [1.29, 1.82) is 0 Å². The van der Waals surface area contributed by atoms with E-state index in [2.05, 4.69) is 15.5 Å². The van der Waals surface area contributed by atoms with Crippen LogP contribution in [-0.2, 0) is 17.6 Å². The second-order valence-electron chi connectivity index (χ2n) is 7.47. The zero-order chi connectivity index (χ0) is 21.3. The molecule has 1 aliphatic rings. The molecule has 0 atom stereocenters. The van der Waals surface area contributed by atoms with Crippen LogP contribution in [0.15, 0.2) is 53.1 Å². The fraction of sp³-hybridized carbons (Fsp3) is 0.348. The van der Waals surface area contributed by atoms with Crippen LogP contribution in [0, 0.1) is 18.7 Å². The van der Waals surface area contributed by atoms with E-state index in [0.717, 1.165) is 49.0 Å². The smallest absolute Gasteiger partial charge is 0.307 e. The van der Waals surface area contributed by atoms with Crippen molar-refractivity contribution in [3.63, 3.8) is 0 Å². The Morgan fingerprint density at radius 3 is 2.43 bits per heavy atom. The lowest BCUT2D eigenvalue weighted by molar-refractivity contribution is -0.136. The lowest BCUT2D eigenvalue weighted by Gasteiger charge is -2.20. The highest BCUT2D eigenvalue weighted by Gasteiger charge is 2.17. The maximum absolute atomic E-state index is 12.8. The van der Waals surface area contributed by atoms with Crippen LogP contribution >= 0.6 is 0 Å². The third kappa shape index (κ3) is 6.77. The van der Waals surface area contributed by atoms with Gasteiger partial charge in [-0.15, -0.1) is 0 Å². The number of aliphatic carboxylic acids is 1. The topological polar surface area (TPSA) is 88.2 Å². The minimum atomic E-state index is -0.783. The molecule has 1 saturated heterocycles. The van der Waals surface area contributed by atoms with E-state index in [1.807, 2.05) is 31.2 Å². The number of carboxylic acids is 1. The monoisotopic (exact) mass is 411 g/mol. The first-order chi connectivity index (χ1) is 14.5. The molecular weight excluding hydrogens is 385 g/mol. The molecule has 158 valence electrons. The van der Waals surface area contributed by atoms with Gasteiger partial charge in [-0.1, -0.05) is 35.0 Å². The minimum Gasteiger partial charge on any atom is -0.481 e. The summed E-state index contributed by atoms with van der Waals surface area (Å²) in [5.74, 6) is 0.772. The predicted octanol–water partition coefficient (Wildman–Crippen LogP) is 4.04. The van der Waals surface area contributed by atoms with Gasteiger partial charge in [0, 0.05) is 12.0 Å². The largest absolute Gasteiger partial charge is 0.481 e. The fourth-order valence-electron chi connectivity index (χ4n) is 3.27. The number of nitrogens with zero attached hydrogens (tertiary/aromatic N) is 2. The molecule has 30 heavy (non-hydrogen) atoms. The molecule has 3 aromatic rings. The highest BCUT2D eigenvalue weighted by Crippen LogP contribution is 2.20. The van der Waals surface area contributed by atoms with Crippen molar-refractivity contribution in [2.75, 3.05) is 13.1 Å². The van der Waals surface area contributed by atoms with Gasteiger partial charge in [-0.2, -0.15) is 4.98 Å². The quantitative estimate of drug-likeness (QED) is 0.659. The number of nitrogens with one attached hydrogen (secondary N) is 1. The predicted molar refractivity (Wildman–Crippen MR) is 112 cm³/mol. The SMILES string of the molecule is Cc1ccc(CC(=O)O)cc1.Fc1ccc(-c2noc(CC3CCNCC3)n2)cc1. The van der Waals surface area contributed by atoms with Gasteiger partial charge in [-0.25, -0.2) is 4.39 Å². The fourth-order valence-corrected chi connectivity index (χ4v) is 3.27. The number of aryl methyl sites for hydroxylation is 1. The zero-order valence-corrected chi connectivity index (χ0v) is 17.0. The van der Waals surface area contributed by atoms with Crippen molar-refractivity contribution < 1.29 is 18.8 Å². The summed E-state index contributed by atoms with van der Waals surface area (Å²) >= 11 is 0. The molecule has 0 unspecified atom stereocenters. The van der Waals surface area contributed by atoms with Crippen molar-refractivity contribution in [3.05, 3.63) is 71.4 Å². The Labute approximate surface area is 175 Å². The zero-order valence-electron chi connectivity index (χ0n) is 17.0. The Balaban J connectivity index is 0.000000199. The molecule has 1 aliphatic heterocycles. The van der Waals surface area contributed by atoms with Crippen LogP contribution in [0.2, 0.25) is 0 Å². The first-order valence-electron chi connectivity index (χ1n) is 10.1. The molecule has 0 amide bonds. The summed E-state index contributed by atoms with van der Waals surface area (Å²) in [5, 5.41) is 15.7. The number of carboxylic acid groups (broad SMARTS) is 1. The lowest BCUT2D eigenvalue weighted by Crippen LogP contribution is -2.28. The molecule has 2 heterocycles. The lowest BCUT2D eigenvalue weighted by atomic mass is 9.95. The van der Waals surface area contributed by atoms with E-state index in [4.69, 9.17) is 9.63 Å². The van der Waals surface area contributed by atoms with E-state index >= 15 is 0 Å². The van der Waals surface area contributed by atoms with Crippen molar-refractivity contribution in [2.45, 2.75) is 32.6 Å². The molecule has 0 saturated carbocycles. The summed E-state index contributed by atoms with van der Waals surface area (Å²) < 4.78 is 18.1. The number of rotatable bonds is 5. The molecule has 6 nitrogen and oxygen atoms in total. The van der Waals surface area contributed by atoms with Gasteiger partial charge < -0.3 is 14.9 Å². The van der Waals surface area contributed by atoms with Gasteiger partial charge in [0.1, 0.15) is 5.82 Å². The van der Waals surface area contributed by atoms with Crippen LogP contribution in [0.5, 0.6) is 0 Å². The van der Waals surface area contributed by atoms with Gasteiger partial charge in [-0.05, 0) is 68.6 Å². The number of carbonyl (C=O) groups is 1. The van der Waals surface area contributed by atoms with Crippen molar-refractivity contribution in [2.24, 2.45) is 5.92 Å². The minimum absolute atomic E-state index is 0.111. The molecular formula is C23H26FN3O3. The molecule has 2 N–H and O–H groups in total. The van der Waals surface area contributed by atoms with Gasteiger partial charge in [0.2, 0.25) is 11.7 Å². The van der Waals surface area contributed by atoms with Crippen LogP contribution < -0.4 is 5.32 Å². The van der Waals surface area contributed by atoms with E-state index in [1.54, 1.807) is 12.1 Å². The third-order valence-electron chi connectivity index (χ3n) is 4.97. The molecule has 0 bridgehead atoms. The second kappa shape index (κ2) is 10.6. The van der Waals surface area contributed by atoms with Crippen molar-refractivity contribution >= 4 is 5.97 Å². The summed E-state index contributed by atoms with van der Waals surface area (Å²) in [6.07, 6.45) is 3.23. The van der Waals surface area contributed by atoms with Gasteiger partial charge in [0.25, 0.3) is 0 Å². The Bertz CT molecular complexity index is 933. The number of piperidine rings is 1. The van der Waals surface area contributed by atoms with Gasteiger partial charge in [0.15, 0.2) is 0 Å². The molecule has 0 aliphatic carbocycles. The van der Waals surface area contributed by atoms with E-state index in [0.29, 0.717) is 17.6 Å². The first kappa shape index (κ1) is 21.6. The van der Waals surface area contributed by atoms with Gasteiger partial charge in [0.05, 0.1) is 6.42 Å². The van der Waals surface area contributed by atoms with E-state index in [-0.39, 0.29) is 12.2 Å². The molecule has 4 rings (SSSR count). The summed E-state index contributed by atoms with van der Waals surface area (Å²) in [6.45, 7) is 4.10. The highest BCUT2D eigenvalue weighted by molar-refractivity contribution is 5.70. The Kier molecular flexibility index (Phi) is 7.68. The molecule has 0 spiro atoms. The van der Waals surface area contributed by atoms with E-state index < -0.39 is 5.97 Å². The third-order valence-corrected chi connectivity index (χ3v) is 4.97. The van der Waals surface area contributed by atoms with Crippen molar-refractivity contribution in [1.82, 2.24) is 15.5 Å². The van der Waals surface area contributed by atoms with Crippen LogP contribution in [0.1, 0.15) is 29.9 Å². The van der Waals surface area contributed by atoms with Gasteiger partial charge in [-0.3, -0.25) is 4.79 Å². The summed E-state index contributed by atoms with van der Waals surface area (Å²) in [4.78, 5) is 14.6. The number of aromatic nitrogens is 2. The molecule has 7 heteroatoms. The Morgan fingerprint density at radius 1 is 1.13 bits per heavy atom. The number of hydrogen-bond donors (Lipinski definition) is 2. The summed E-state index contributed by atoms with van der Waals surface area (Å²) in [6, 6.07) is 13.6. The average Bonchev–Trinajstić information content (AvgIpc) is 3.20. The van der Waals surface area contributed by atoms with E-state index in [9.17, 15) is 9.18 Å². The maximum atomic E-state index is 12.8. The van der Waals surface area contributed by atoms with E-state index in [1.165, 1.54) is 12.1 Å². The van der Waals surface area contributed by atoms with Crippen molar-refractivity contribution in [3.8, 4) is 11.4 Å². The summed E-state index contributed by atoms with van der Waals surface area (Å²) in [5.41, 5.74) is 2.78. The normalized spacial score (nSPS) is 14.1.